The lowest BCUT2D eigenvalue weighted by Gasteiger charge is -1.99. The molecule has 70 valence electrons. The first kappa shape index (κ1) is 9.99. The van der Waals surface area contributed by atoms with Gasteiger partial charge in [-0.25, -0.2) is 0 Å². The highest BCUT2D eigenvalue weighted by Crippen LogP contribution is 2.18. The molecule has 0 aliphatic heterocycles. The maximum atomic E-state index is 11.0. The fourth-order valence-corrected chi connectivity index (χ4v) is 1.96. The number of carbonyl (C=O) groups is 1. The van der Waals surface area contributed by atoms with Crippen molar-refractivity contribution in [3.05, 3.63) is 34.5 Å². The summed E-state index contributed by atoms with van der Waals surface area (Å²) in [6.45, 7) is 3.66. The molecule has 0 fully saturated rings. The van der Waals surface area contributed by atoms with Gasteiger partial charge in [0.05, 0.1) is 13.5 Å². The predicted octanol–water partition coefficient (Wildman–Crippen LogP) is 2.19. The highest BCUT2D eigenvalue weighted by atomic mass is 32.1. The summed E-state index contributed by atoms with van der Waals surface area (Å²) in [5.74, 6) is -0.187. The van der Waals surface area contributed by atoms with Gasteiger partial charge in [-0.1, -0.05) is 6.08 Å². The summed E-state index contributed by atoms with van der Waals surface area (Å²) in [4.78, 5) is 12.1. The Bertz CT molecular complexity index is 302. The maximum Gasteiger partial charge on any atom is 0.310 e. The fraction of sp³-hybridized carbons (Fsp3) is 0.300. The Morgan fingerprint density at radius 3 is 3.15 bits per heavy atom. The van der Waals surface area contributed by atoms with Gasteiger partial charge in [0.2, 0.25) is 0 Å². The van der Waals surface area contributed by atoms with Crippen LogP contribution in [0, 0.1) is 0 Å². The number of hydrogen-bond acceptors (Lipinski definition) is 3. The van der Waals surface area contributed by atoms with Gasteiger partial charge in [-0.2, -0.15) is 0 Å². The Hall–Kier alpha value is -1.09. The lowest BCUT2D eigenvalue weighted by Crippen LogP contribution is -2.04. The van der Waals surface area contributed by atoms with Crippen LogP contribution in [0.1, 0.15) is 10.4 Å². The molecule has 1 heterocycles. The van der Waals surface area contributed by atoms with Crippen molar-refractivity contribution in [2.75, 3.05) is 7.11 Å². The lowest BCUT2D eigenvalue weighted by molar-refractivity contribution is -0.139. The number of ether oxygens (including phenoxy) is 1. The Kier molecular flexibility index (Phi) is 3.71. The Morgan fingerprint density at radius 1 is 1.77 bits per heavy atom. The van der Waals surface area contributed by atoms with Gasteiger partial charge in [-0.3, -0.25) is 4.79 Å². The first-order valence-corrected chi connectivity index (χ1v) is 4.89. The van der Waals surface area contributed by atoms with Crippen LogP contribution >= 0.6 is 11.3 Å². The van der Waals surface area contributed by atoms with Gasteiger partial charge in [0.25, 0.3) is 0 Å². The molecule has 0 amide bonds. The third-order valence-electron chi connectivity index (χ3n) is 1.73. The van der Waals surface area contributed by atoms with Crippen molar-refractivity contribution in [3.8, 4) is 0 Å². The highest BCUT2D eigenvalue weighted by Gasteiger charge is 2.08. The molecule has 0 spiro atoms. The van der Waals surface area contributed by atoms with Crippen LogP contribution in [0.4, 0.5) is 0 Å². The zero-order chi connectivity index (χ0) is 9.68. The number of methoxy groups -OCH3 is 1. The van der Waals surface area contributed by atoms with Gasteiger partial charge in [-0.05, 0) is 23.4 Å². The Morgan fingerprint density at radius 2 is 2.54 bits per heavy atom. The van der Waals surface area contributed by atoms with E-state index in [1.165, 1.54) is 12.7 Å². The van der Waals surface area contributed by atoms with Gasteiger partial charge in [0.15, 0.2) is 0 Å². The summed E-state index contributed by atoms with van der Waals surface area (Å²) in [6.07, 6.45) is 3.02. The number of rotatable bonds is 4. The van der Waals surface area contributed by atoms with Crippen LogP contribution in [0.3, 0.4) is 0 Å². The molecule has 13 heavy (non-hydrogen) atoms. The van der Waals surface area contributed by atoms with E-state index in [0.29, 0.717) is 6.42 Å². The van der Waals surface area contributed by atoms with Gasteiger partial charge in [-0.15, -0.1) is 17.9 Å². The minimum absolute atomic E-state index is 0.187. The number of esters is 1. The van der Waals surface area contributed by atoms with Gasteiger partial charge >= 0.3 is 5.97 Å². The molecular formula is C10H12O2S. The fourth-order valence-electron chi connectivity index (χ4n) is 1.06. The molecule has 3 heteroatoms. The molecule has 0 radical (unpaired) electrons. The summed E-state index contributed by atoms with van der Waals surface area (Å²) in [6, 6.07) is 2.02. The van der Waals surface area contributed by atoms with E-state index in [0.717, 1.165) is 11.3 Å². The molecule has 2 nitrogen and oxygen atoms in total. The third-order valence-corrected chi connectivity index (χ3v) is 2.70. The Labute approximate surface area is 81.8 Å². The standard InChI is InChI=1S/C10H12O2S/c1-3-4-8-5-6-13-9(8)7-10(11)12-2/h3,5-6H,1,4,7H2,2H3. The smallest absolute Gasteiger partial charge is 0.310 e. The largest absolute Gasteiger partial charge is 0.469 e. The molecule has 0 N–H and O–H groups in total. The zero-order valence-corrected chi connectivity index (χ0v) is 8.39. The topological polar surface area (TPSA) is 26.3 Å². The van der Waals surface area contributed by atoms with E-state index in [4.69, 9.17) is 0 Å². The molecular weight excluding hydrogens is 184 g/mol. The van der Waals surface area contributed by atoms with Gasteiger partial charge in [0, 0.05) is 4.88 Å². The normalized spacial score (nSPS) is 9.62. The van der Waals surface area contributed by atoms with Crippen LogP contribution in [0.5, 0.6) is 0 Å². The van der Waals surface area contributed by atoms with Crippen LogP contribution in [0.15, 0.2) is 24.1 Å². The van der Waals surface area contributed by atoms with Crippen molar-refractivity contribution < 1.29 is 9.53 Å². The van der Waals surface area contributed by atoms with Crippen molar-refractivity contribution in [3.63, 3.8) is 0 Å². The van der Waals surface area contributed by atoms with Crippen molar-refractivity contribution in [1.29, 1.82) is 0 Å². The quantitative estimate of drug-likeness (QED) is 0.545. The number of carbonyl (C=O) groups excluding carboxylic acids is 1. The van der Waals surface area contributed by atoms with Crippen LogP contribution in [0.2, 0.25) is 0 Å². The molecule has 1 aromatic heterocycles. The average Bonchev–Trinajstić information content (AvgIpc) is 2.54. The maximum absolute atomic E-state index is 11.0. The number of allylic oxidation sites excluding steroid dienone is 1. The second-order valence-electron chi connectivity index (χ2n) is 2.61. The minimum atomic E-state index is -0.187. The summed E-state index contributed by atoms with van der Waals surface area (Å²) in [5, 5.41) is 1.98. The van der Waals surface area contributed by atoms with Gasteiger partial charge in [0.1, 0.15) is 0 Å². The molecule has 0 aliphatic carbocycles. The van der Waals surface area contributed by atoms with Crippen molar-refractivity contribution in [2.24, 2.45) is 0 Å². The van der Waals surface area contributed by atoms with Crippen LogP contribution < -0.4 is 0 Å². The zero-order valence-electron chi connectivity index (χ0n) is 7.58. The predicted molar refractivity (Wildman–Crippen MR) is 53.9 cm³/mol. The SMILES string of the molecule is C=CCc1ccsc1CC(=O)OC. The second kappa shape index (κ2) is 4.82. The molecule has 1 rings (SSSR count). The van der Waals surface area contributed by atoms with E-state index in [1.807, 2.05) is 17.5 Å². The minimum Gasteiger partial charge on any atom is -0.469 e. The lowest BCUT2D eigenvalue weighted by atomic mass is 10.1. The van der Waals surface area contributed by atoms with E-state index in [1.54, 1.807) is 11.3 Å². The molecule has 1 aromatic rings. The molecule has 0 bridgehead atoms. The number of thiophene rings is 1. The van der Waals surface area contributed by atoms with Crippen molar-refractivity contribution in [1.82, 2.24) is 0 Å². The summed E-state index contributed by atoms with van der Waals surface area (Å²) in [7, 11) is 1.41. The van der Waals surface area contributed by atoms with Crippen LogP contribution in [-0.4, -0.2) is 13.1 Å². The van der Waals surface area contributed by atoms with E-state index >= 15 is 0 Å². The molecule has 0 saturated heterocycles. The summed E-state index contributed by atoms with van der Waals surface area (Å²) < 4.78 is 4.60. The van der Waals surface area contributed by atoms with Gasteiger partial charge < -0.3 is 4.74 Å². The molecule has 0 atom stereocenters. The van der Waals surface area contributed by atoms with Crippen LogP contribution in [-0.2, 0) is 22.4 Å². The molecule has 0 unspecified atom stereocenters. The Balaban J connectivity index is 2.69. The monoisotopic (exact) mass is 196 g/mol. The van der Waals surface area contributed by atoms with E-state index < -0.39 is 0 Å². The average molecular weight is 196 g/mol. The number of hydrogen-bond donors (Lipinski definition) is 0. The van der Waals surface area contributed by atoms with Crippen LogP contribution in [0.25, 0.3) is 0 Å². The molecule has 0 aromatic carbocycles. The van der Waals surface area contributed by atoms with Crippen molar-refractivity contribution in [2.45, 2.75) is 12.8 Å². The highest BCUT2D eigenvalue weighted by molar-refractivity contribution is 7.10. The van der Waals surface area contributed by atoms with E-state index in [2.05, 4.69) is 11.3 Å². The second-order valence-corrected chi connectivity index (χ2v) is 3.62. The van der Waals surface area contributed by atoms with E-state index in [9.17, 15) is 4.79 Å². The molecule has 0 aliphatic rings. The van der Waals surface area contributed by atoms with Crippen molar-refractivity contribution >= 4 is 17.3 Å². The first-order valence-electron chi connectivity index (χ1n) is 4.01. The first-order chi connectivity index (χ1) is 6.27. The summed E-state index contributed by atoms with van der Waals surface area (Å²) >= 11 is 1.58. The van der Waals surface area contributed by atoms with E-state index in [-0.39, 0.29) is 5.97 Å². The summed E-state index contributed by atoms with van der Waals surface area (Å²) in [5.41, 5.74) is 1.17. The molecule has 0 saturated carbocycles. The third kappa shape index (κ3) is 2.70.